The number of aryl methyl sites for hydroxylation is 1. The van der Waals surface area contributed by atoms with Crippen LogP contribution in [0.1, 0.15) is 28.8 Å². The summed E-state index contributed by atoms with van der Waals surface area (Å²) in [6.45, 7) is 4.54. The highest BCUT2D eigenvalue weighted by atomic mass is 32.1. The van der Waals surface area contributed by atoms with E-state index in [0.717, 1.165) is 22.4 Å². The van der Waals surface area contributed by atoms with Crippen molar-refractivity contribution < 1.29 is 14.3 Å². The van der Waals surface area contributed by atoms with Crippen LogP contribution in [0.5, 0.6) is 5.75 Å². The maximum absolute atomic E-state index is 12.6. The zero-order chi connectivity index (χ0) is 17.1. The van der Waals surface area contributed by atoms with Crippen LogP contribution in [0.15, 0.2) is 35.7 Å². The van der Waals surface area contributed by atoms with Gasteiger partial charge in [0.25, 0.3) is 0 Å². The molecule has 1 aromatic heterocycles. The molecule has 0 N–H and O–H groups in total. The first-order valence-corrected chi connectivity index (χ1v) is 9.04. The third-order valence-electron chi connectivity index (χ3n) is 4.52. The van der Waals surface area contributed by atoms with Gasteiger partial charge in [-0.1, -0.05) is 18.2 Å². The molecule has 1 saturated heterocycles. The SMILES string of the molecule is Cc1cccc(OC(=O)C2CCCN2C(=O)Cc2cccs2)c1C. The third kappa shape index (κ3) is 3.51. The Balaban J connectivity index is 1.69. The molecule has 3 rings (SSSR count). The second-order valence-electron chi connectivity index (χ2n) is 6.12. The summed E-state index contributed by atoms with van der Waals surface area (Å²) < 4.78 is 5.60. The Morgan fingerprint density at radius 3 is 2.83 bits per heavy atom. The maximum Gasteiger partial charge on any atom is 0.334 e. The summed E-state index contributed by atoms with van der Waals surface area (Å²) >= 11 is 1.56. The van der Waals surface area contributed by atoms with E-state index in [1.807, 2.05) is 43.5 Å². The molecule has 1 atom stereocenters. The molecule has 5 heteroatoms. The van der Waals surface area contributed by atoms with Crippen LogP contribution in [-0.4, -0.2) is 29.4 Å². The third-order valence-corrected chi connectivity index (χ3v) is 5.39. The van der Waals surface area contributed by atoms with E-state index < -0.39 is 6.04 Å². The number of ether oxygens (including phenoxy) is 1. The molecule has 24 heavy (non-hydrogen) atoms. The Morgan fingerprint density at radius 1 is 1.25 bits per heavy atom. The van der Waals surface area contributed by atoms with Crippen molar-refractivity contribution in [1.29, 1.82) is 0 Å². The number of likely N-dealkylation sites (tertiary alicyclic amines) is 1. The fraction of sp³-hybridized carbons (Fsp3) is 0.368. The van der Waals surface area contributed by atoms with Crippen molar-refractivity contribution in [3.05, 3.63) is 51.7 Å². The Bertz CT molecular complexity index is 739. The zero-order valence-electron chi connectivity index (χ0n) is 14.0. The largest absolute Gasteiger partial charge is 0.425 e. The second-order valence-corrected chi connectivity index (χ2v) is 7.15. The number of thiophene rings is 1. The number of amides is 1. The van der Waals surface area contributed by atoms with Crippen molar-refractivity contribution in [1.82, 2.24) is 4.90 Å². The molecule has 1 aromatic carbocycles. The molecule has 4 nitrogen and oxygen atoms in total. The monoisotopic (exact) mass is 343 g/mol. The molecule has 0 spiro atoms. The second kappa shape index (κ2) is 7.18. The topological polar surface area (TPSA) is 46.6 Å². The number of carbonyl (C=O) groups excluding carboxylic acids is 2. The first kappa shape index (κ1) is 16.7. The van der Waals surface area contributed by atoms with Gasteiger partial charge in [-0.15, -0.1) is 11.3 Å². The molecular weight excluding hydrogens is 322 g/mol. The van der Waals surface area contributed by atoms with E-state index in [4.69, 9.17) is 4.74 Å². The van der Waals surface area contributed by atoms with Gasteiger partial charge in [0.15, 0.2) is 0 Å². The molecule has 0 saturated carbocycles. The van der Waals surface area contributed by atoms with Crippen LogP contribution in [0.2, 0.25) is 0 Å². The molecule has 1 aliphatic rings. The van der Waals surface area contributed by atoms with Gasteiger partial charge in [-0.3, -0.25) is 4.79 Å². The number of esters is 1. The molecule has 126 valence electrons. The minimum atomic E-state index is -0.475. The fourth-order valence-corrected chi connectivity index (χ4v) is 3.68. The summed E-state index contributed by atoms with van der Waals surface area (Å²) in [6.07, 6.45) is 1.85. The summed E-state index contributed by atoms with van der Waals surface area (Å²) in [5.74, 6) is 0.246. The Kier molecular flexibility index (Phi) is 5.00. The molecule has 1 aliphatic heterocycles. The average molecular weight is 343 g/mol. The van der Waals surface area contributed by atoms with Gasteiger partial charge in [0.2, 0.25) is 5.91 Å². The number of carbonyl (C=O) groups is 2. The highest BCUT2D eigenvalue weighted by Gasteiger charge is 2.35. The van der Waals surface area contributed by atoms with Crippen LogP contribution < -0.4 is 4.74 Å². The standard InChI is InChI=1S/C19H21NO3S/c1-13-6-3-9-17(14(13)2)23-19(22)16-8-4-10-20(16)18(21)12-15-7-5-11-24-15/h3,5-7,9,11,16H,4,8,10,12H2,1-2H3. The van der Waals surface area contributed by atoms with Crippen LogP contribution in [0.25, 0.3) is 0 Å². The zero-order valence-corrected chi connectivity index (χ0v) is 14.8. The van der Waals surface area contributed by atoms with E-state index in [2.05, 4.69) is 0 Å². The highest BCUT2D eigenvalue weighted by molar-refractivity contribution is 7.10. The van der Waals surface area contributed by atoms with Crippen molar-refractivity contribution >= 4 is 23.2 Å². The van der Waals surface area contributed by atoms with Crippen molar-refractivity contribution in [2.24, 2.45) is 0 Å². The van der Waals surface area contributed by atoms with Crippen molar-refractivity contribution in [2.45, 2.75) is 39.2 Å². The lowest BCUT2D eigenvalue weighted by Crippen LogP contribution is -2.43. The molecule has 1 unspecified atom stereocenters. The summed E-state index contributed by atoms with van der Waals surface area (Å²) in [6, 6.07) is 9.06. The van der Waals surface area contributed by atoms with Crippen molar-refractivity contribution in [2.75, 3.05) is 6.54 Å². The normalized spacial score (nSPS) is 17.1. The van der Waals surface area contributed by atoms with Crippen LogP contribution in [-0.2, 0) is 16.0 Å². The lowest BCUT2D eigenvalue weighted by atomic mass is 10.1. The van der Waals surface area contributed by atoms with Crippen LogP contribution in [0.3, 0.4) is 0 Å². The smallest absolute Gasteiger partial charge is 0.334 e. The number of benzene rings is 1. The van der Waals surface area contributed by atoms with Gasteiger partial charge < -0.3 is 9.64 Å². The van der Waals surface area contributed by atoms with E-state index in [0.29, 0.717) is 25.1 Å². The van der Waals surface area contributed by atoms with Gasteiger partial charge in [-0.25, -0.2) is 4.79 Å². The minimum Gasteiger partial charge on any atom is -0.425 e. The molecule has 0 radical (unpaired) electrons. The van der Waals surface area contributed by atoms with Crippen LogP contribution >= 0.6 is 11.3 Å². The van der Waals surface area contributed by atoms with Crippen molar-refractivity contribution in [3.63, 3.8) is 0 Å². The molecule has 0 bridgehead atoms. The number of rotatable bonds is 4. The summed E-state index contributed by atoms with van der Waals surface area (Å²) in [4.78, 5) is 27.8. The van der Waals surface area contributed by atoms with Gasteiger partial charge >= 0.3 is 5.97 Å². The molecule has 2 heterocycles. The predicted molar refractivity (Wildman–Crippen MR) is 94.3 cm³/mol. The molecule has 0 aliphatic carbocycles. The van der Waals surface area contributed by atoms with E-state index in [-0.39, 0.29) is 11.9 Å². The van der Waals surface area contributed by atoms with Crippen LogP contribution in [0, 0.1) is 13.8 Å². The van der Waals surface area contributed by atoms with Crippen LogP contribution in [0.4, 0.5) is 0 Å². The first-order valence-electron chi connectivity index (χ1n) is 8.16. The lowest BCUT2D eigenvalue weighted by Gasteiger charge is -2.23. The Hall–Kier alpha value is -2.14. The molecule has 2 aromatic rings. The maximum atomic E-state index is 12.6. The predicted octanol–water partition coefficient (Wildman–Crippen LogP) is 3.50. The van der Waals surface area contributed by atoms with Gasteiger partial charge in [-0.05, 0) is 55.3 Å². The van der Waals surface area contributed by atoms with E-state index in [1.165, 1.54) is 0 Å². The van der Waals surface area contributed by atoms with Gasteiger partial charge in [0, 0.05) is 11.4 Å². The average Bonchev–Trinajstić information content (AvgIpc) is 3.22. The molecule has 1 fully saturated rings. The van der Waals surface area contributed by atoms with Crippen molar-refractivity contribution in [3.8, 4) is 5.75 Å². The van der Waals surface area contributed by atoms with Gasteiger partial charge in [0.05, 0.1) is 6.42 Å². The fourth-order valence-electron chi connectivity index (χ4n) is 2.99. The summed E-state index contributed by atoms with van der Waals surface area (Å²) in [7, 11) is 0. The highest BCUT2D eigenvalue weighted by Crippen LogP contribution is 2.25. The number of nitrogens with zero attached hydrogens (tertiary/aromatic N) is 1. The molecule has 1 amide bonds. The van der Waals surface area contributed by atoms with E-state index in [9.17, 15) is 9.59 Å². The first-order chi connectivity index (χ1) is 11.6. The summed E-state index contributed by atoms with van der Waals surface area (Å²) in [5, 5.41) is 1.96. The molecular formula is C19H21NO3S. The summed E-state index contributed by atoms with van der Waals surface area (Å²) in [5.41, 5.74) is 2.04. The van der Waals surface area contributed by atoms with E-state index >= 15 is 0 Å². The van der Waals surface area contributed by atoms with Gasteiger partial charge in [-0.2, -0.15) is 0 Å². The Morgan fingerprint density at radius 2 is 2.08 bits per heavy atom. The quantitative estimate of drug-likeness (QED) is 0.630. The van der Waals surface area contributed by atoms with Gasteiger partial charge in [0.1, 0.15) is 11.8 Å². The number of hydrogen-bond donors (Lipinski definition) is 0. The lowest BCUT2D eigenvalue weighted by molar-refractivity contribution is -0.145. The minimum absolute atomic E-state index is 0.00198. The Labute approximate surface area is 146 Å². The number of hydrogen-bond acceptors (Lipinski definition) is 4. The van der Waals surface area contributed by atoms with E-state index in [1.54, 1.807) is 22.3 Å².